The van der Waals surface area contributed by atoms with E-state index in [9.17, 15) is 4.39 Å². The Morgan fingerprint density at radius 3 is 3.04 bits per heavy atom. The van der Waals surface area contributed by atoms with Crippen molar-refractivity contribution in [3.63, 3.8) is 0 Å². The Balaban J connectivity index is 1.88. The number of ether oxygens (including phenoxy) is 1. The van der Waals surface area contributed by atoms with Gasteiger partial charge in [0.25, 0.3) is 0 Å². The van der Waals surface area contributed by atoms with Crippen LogP contribution in [-0.2, 0) is 0 Å². The summed E-state index contributed by atoms with van der Waals surface area (Å²) >= 11 is 5.83. The maximum Gasteiger partial charge on any atom is 0.165 e. The summed E-state index contributed by atoms with van der Waals surface area (Å²) in [4.78, 5) is 8.49. The summed E-state index contributed by atoms with van der Waals surface area (Å²) in [7, 11) is 0. The number of hydrogen-bond acceptors (Lipinski definition) is 5. The van der Waals surface area contributed by atoms with Gasteiger partial charge in [0.1, 0.15) is 18.8 Å². The van der Waals surface area contributed by atoms with Gasteiger partial charge < -0.3 is 15.4 Å². The van der Waals surface area contributed by atoms with Crippen LogP contribution in [0.4, 0.5) is 21.6 Å². The highest BCUT2D eigenvalue weighted by Crippen LogP contribution is 2.39. The van der Waals surface area contributed by atoms with E-state index >= 15 is 0 Å². The molecule has 0 saturated carbocycles. The normalized spacial score (nSPS) is 13.1. The molecular weight excluding hydrogens is 319 g/mol. The average molecular weight is 331 g/mol. The smallest absolute Gasteiger partial charge is 0.165 e. The number of hydrogen-bond donors (Lipinski definition) is 2. The first kappa shape index (κ1) is 14.0. The number of aromatic nitrogens is 2. The minimum atomic E-state index is -0.523. The zero-order chi connectivity index (χ0) is 15.8. The molecule has 1 aliphatic rings. The second-order valence-electron chi connectivity index (χ2n) is 5.06. The van der Waals surface area contributed by atoms with Crippen molar-refractivity contribution < 1.29 is 9.13 Å². The summed E-state index contributed by atoms with van der Waals surface area (Å²) in [6.45, 7) is 1.28. The molecule has 3 aromatic rings. The van der Waals surface area contributed by atoms with Gasteiger partial charge in [0.05, 0.1) is 27.3 Å². The van der Waals surface area contributed by atoms with E-state index in [0.29, 0.717) is 29.1 Å². The zero-order valence-corrected chi connectivity index (χ0v) is 12.7. The number of nitrogens with one attached hydrogen (secondary N) is 2. The molecule has 23 heavy (non-hydrogen) atoms. The third-order valence-electron chi connectivity index (χ3n) is 3.62. The lowest BCUT2D eigenvalue weighted by Gasteiger charge is -2.21. The first-order valence-corrected chi connectivity index (χ1v) is 7.47. The predicted molar refractivity (Wildman–Crippen MR) is 88.2 cm³/mol. The Hall–Kier alpha value is -2.60. The number of rotatable bonds is 2. The SMILES string of the molecule is Fc1c(Cl)cccc1Nc1ncnc2ccc3c(c12)OCCN3. The Labute approximate surface area is 136 Å². The largest absolute Gasteiger partial charge is 0.489 e. The fraction of sp³-hybridized carbons (Fsp3) is 0.125. The van der Waals surface area contributed by atoms with Crippen molar-refractivity contribution in [2.45, 2.75) is 0 Å². The molecule has 2 N–H and O–H groups in total. The fourth-order valence-electron chi connectivity index (χ4n) is 2.57. The molecule has 5 nitrogen and oxygen atoms in total. The van der Waals surface area contributed by atoms with Crippen LogP contribution in [0.5, 0.6) is 5.75 Å². The van der Waals surface area contributed by atoms with Crippen molar-refractivity contribution in [2.24, 2.45) is 0 Å². The van der Waals surface area contributed by atoms with Gasteiger partial charge in [-0.1, -0.05) is 17.7 Å². The molecule has 0 bridgehead atoms. The maximum atomic E-state index is 14.1. The zero-order valence-electron chi connectivity index (χ0n) is 11.9. The Morgan fingerprint density at radius 1 is 1.22 bits per heavy atom. The summed E-state index contributed by atoms with van der Waals surface area (Å²) in [5.74, 6) is 0.612. The third kappa shape index (κ3) is 2.41. The predicted octanol–water partition coefficient (Wildman–Crippen LogP) is 3.97. The molecule has 0 aliphatic carbocycles. The van der Waals surface area contributed by atoms with Crippen LogP contribution < -0.4 is 15.4 Å². The molecule has 0 saturated heterocycles. The van der Waals surface area contributed by atoms with Gasteiger partial charge in [-0.15, -0.1) is 0 Å². The molecule has 2 heterocycles. The fourth-order valence-corrected chi connectivity index (χ4v) is 2.75. The summed E-state index contributed by atoms with van der Waals surface area (Å²) in [6, 6.07) is 8.55. The highest BCUT2D eigenvalue weighted by molar-refractivity contribution is 6.31. The molecule has 7 heteroatoms. The van der Waals surface area contributed by atoms with Crippen LogP contribution in [0.15, 0.2) is 36.7 Å². The van der Waals surface area contributed by atoms with Gasteiger partial charge in [-0.2, -0.15) is 0 Å². The minimum Gasteiger partial charge on any atom is -0.489 e. The molecule has 0 radical (unpaired) electrons. The van der Waals surface area contributed by atoms with E-state index < -0.39 is 5.82 Å². The van der Waals surface area contributed by atoms with Crippen molar-refractivity contribution in [2.75, 3.05) is 23.8 Å². The van der Waals surface area contributed by atoms with E-state index in [4.69, 9.17) is 16.3 Å². The van der Waals surface area contributed by atoms with Crippen molar-refractivity contribution >= 4 is 39.7 Å². The Morgan fingerprint density at radius 2 is 2.13 bits per heavy atom. The molecule has 0 atom stereocenters. The second kappa shape index (κ2) is 5.55. The summed E-state index contributed by atoms with van der Waals surface area (Å²) in [5.41, 5.74) is 1.83. The van der Waals surface area contributed by atoms with Crippen LogP contribution in [0.25, 0.3) is 10.9 Å². The lowest BCUT2D eigenvalue weighted by atomic mass is 10.1. The molecule has 1 aromatic heterocycles. The van der Waals surface area contributed by atoms with Crippen molar-refractivity contribution in [1.82, 2.24) is 9.97 Å². The van der Waals surface area contributed by atoms with E-state index in [1.807, 2.05) is 12.1 Å². The van der Waals surface area contributed by atoms with Gasteiger partial charge in [-0.05, 0) is 24.3 Å². The molecule has 0 unspecified atom stereocenters. The topological polar surface area (TPSA) is 59.1 Å². The van der Waals surface area contributed by atoms with Gasteiger partial charge in [0, 0.05) is 6.54 Å². The van der Waals surface area contributed by atoms with E-state index in [1.54, 1.807) is 12.1 Å². The monoisotopic (exact) mass is 330 g/mol. The molecule has 0 amide bonds. The highest BCUT2D eigenvalue weighted by atomic mass is 35.5. The van der Waals surface area contributed by atoms with Crippen molar-refractivity contribution in [3.05, 3.63) is 47.5 Å². The van der Waals surface area contributed by atoms with E-state index in [2.05, 4.69) is 20.6 Å². The van der Waals surface area contributed by atoms with Crippen LogP contribution in [0.3, 0.4) is 0 Å². The number of fused-ring (bicyclic) bond motifs is 3. The molecule has 4 rings (SSSR count). The second-order valence-corrected chi connectivity index (χ2v) is 5.47. The maximum absolute atomic E-state index is 14.1. The van der Waals surface area contributed by atoms with Crippen LogP contribution in [0.1, 0.15) is 0 Å². The van der Waals surface area contributed by atoms with E-state index in [-0.39, 0.29) is 10.7 Å². The standard InChI is InChI=1S/C16H12ClFN4O/c17-9-2-1-3-11(14(9)18)22-16-13-10(20-8-21-16)4-5-12-15(13)23-7-6-19-12/h1-5,8,19H,6-7H2,(H,20,21,22). The number of nitrogens with zero attached hydrogens (tertiary/aromatic N) is 2. The van der Waals surface area contributed by atoms with Crippen molar-refractivity contribution in [3.8, 4) is 5.75 Å². The van der Waals surface area contributed by atoms with Gasteiger partial charge in [-0.25, -0.2) is 14.4 Å². The van der Waals surface area contributed by atoms with Crippen LogP contribution >= 0.6 is 11.6 Å². The summed E-state index contributed by atoms with van der Waals surface area (Å²) in [5, 5.41) is 7.01. The summed E-state index contributed by atoms with van der Waals surface area (Å²) < 4.78 is 19.9. The number of halogens is 2. The Kier molecular flexibility index (Phi) is 3.38. The lowest BCUT2D eigenvalue weighted by Crippen LogP contribution is -2.18. The van der Waals surface area contributed by atoms with Crippen molar-refractivity contribution in [1.29, 1.82) is 0 Å². The molecule has 0 fully saturated rings. The van der Waals surface area contributed by atoms with Crippen LogP contribution in [0, 0.1) is 5.82 Å². The molecule has 1 aliphatic heterocycles. The first-order valence-electron chi connectivity index (χ1n) is 7.09. The van der Waals surface area contributed by atoms with E-state index in [0.717, 1.165) is 12.2 Å². The molecule has 116 valence electrons. The van der Waals surface area contributed by atoms with Crippen LogP contribution in [0.2, 0.25) is 5.02 Å². The molecule has 0 spiro atoms. The quantitative estimate of drug-likeness (QED) is 0.744. The molecule has 2 aromatic carbocycles. The minimum absolute atomic E-state index is 0.0494. The van der Waals surface area contributed by atoms with Gasteiger partial charge in [0.2, 0.25) is 0 Å². The Bertz CT molecular complexity index is 903. The van der Waals surface area contributed by atoms with E-state index in [1.165, 1.54) is 12.4 Å². The molecular formula is C16H12ClFN4O. The van der Waals surface area contributed by atoms with Gasteiger partial charge in [-0.3, -0.25) is 0 Å². The number of benzene rings is 2. The highest BCUT2D eigenvalue weighted by Gasteiger charge is 2.18. The summed E-state index contributed by atoms with van der Waals surface area (Å²) in [6.07, 6.45) is 1.43. The van der Waals surface area contributed by atoms with Crippen LogP contribution in [-0.4, -0.2) is 23.1 Å². The van der Waals surface area contributed by atoms with Gasteiger partial charge >= 0.3 is 0 Å². The number of anilines is 3. The van der Waals surface area contributed by atoms with Gasteiger partial charge in [0.15, 0.2) is 11.6 Å². The average Bonchev–Trinajstić information content (AvgIpc) is 2.59. The lowest BCUT2D eigenvalue weighted by molar-refractivity contribution is 0.327. The third-order valence-corrected chi connectivity index (χ3v) is 3.92. The first-order chi connectivity index (χ1) is 11.2.